The molecule has 0 aromatic heterocycles. The number of aliphatic hydroxyl groups is 4. The van der Waals surface area contributed by atoms with Crippen molar-refractivity contribution in [3.63, 3.8) is 0 Å². The fourth-order valence-corrected chi connectivity index (χ4v) is 3.00. The quantitative estimate of drug-likeness (QED) is 0.315. The van der Waals surface area contributed by atoms with Gasteiger partial charge in [-0.2, -0.15) is 8.42 Å². The van der Waals surface area contributed by atoms with Gasteiger partial charge in [-0.25, -0.2) is 8.37 Å². The molecule has 0 aromatic rings. The van der Waals surface area contributed by atoms with Crippen molar-refractivity contribution in [3.8, 4) is 0 Å². The topological polar surface area (TPSA) is 172 Å². The van der Waals surface area contributed by atoms with Crippen molar-refractivity contribution in [2.45, 2.75) is 36.9 Å². The molecule has 116 valence electrons. The summed E-state index contributed by atoms with van der Waals surface area (Å²) in [6.07, 6.45) is -5.80. The van der Waals surface area contributed by atoms with E-state index in [0.717, 1.165) is 6.92 Å². The van der Waals surface area contributed by atoms with Crippen LogP contribution in [0.3, 0.4) is 0 Å². The molecule has 11 nitrogen and oxygen atoms in total. The third-order valence-electron chi connectivity index (χ3n) is 2.92. The molecule has 0 spiro atoms. The highest BCUT2D eigenvalue weighted by molar-refractivity contribution is 7.82. The lowest BCUT2D eigenvalue weighted by Crippen LogP contribution is -2.83. The lowest BCUT2D eigenvalue weighted by molar-refractivity contribution is -0.430. The molecule has 12 heteroatoms. The zero-order valence-electron chi connectivity index (χ0n) is 10.1. The Morgan fingerprint density at radius 2 is 2.00 bits per heavy atom. The zero-order chi connectivity index (χ0) is 15.3. The highest BCUT2D eigenvalue weighted by Gasteiger charge is 2.73. The van der Waals surface area contributed by atoms with Gasteiger partial charge in [0, 0.05) is 6.92 Å². The number of carbonyl (C=O) groups excluding carboxylic acids is 1. The van der Waals surface area contributed by atoms with Gasteiger partial charge in [0.05, 0.1) is 6.61 Å². The minimum absolute atomic E-state index is 0.830. The van der Waals surface area contributed by atoms with E-state index in [9.17, 15) is 28.5 Å². The summed E-state index contributed by atoms with van der Waals surface area (Å²) in [6.45, 7) is 0.124. The number of hydrogen-bond donors (Lipinski definition) is 5. The predicted molar refractivity (Wildman–Crippen MR) is 56.6 cm³/mol. The van der Waals surface area contributed by atoms with E-state index < -0.39 is 52.9 Å². The van der Waals surface area contributed by atoms with Crippen LogP contribution >= 0.6 is 0 Å². The fourth-order valence-electron chi connectivity index (χ4n) is 2.03. The number of aliphatic hydroxyl groups excluding tert-OH is 2. The van der Waals surface area contributed by atoms with Crippen LogP contribution in [0.5, 0.6) is 0 Å². The Bertz CT molecular complexity index is 521. The first kappa shape index (κ1) is 15.5. The lowest BCUT2D eigenvalue weighted by Gasteiger charge is -2.54. The van der Waals surface area contributed by atoms with Gasteiger partial charge in [0.25, 0.3) is 11.5 Å². The van der Waals surface area contributed by atoms with Crippen LogP contribution in [0, 0.1) is 0 Å². The van der Waals surface area contributed by atoms with E-state index in [2.05, 4.69) is 8.37 Å². The summed E-state index contributed by atoms with van der Waals surface area (Å²) in [5.74, 6) is -4.08. The van der Waals surface area contributed by atoms with Crippen molar-refractivity contribution in [3.05, 3.63) is 0 Å². The van der Waals surface area contributed by atoms with Crippen molar-refractivity contribution < 1.29 is 46.7 Å². The number of amides is 1. The first-order valence-electron chi connectivity index (χ1n) is 5.37. The summed E-state index contributed by atoms with van der Waals surface area (Å²) >= 11 is 0. The number of carbonyl (C=O) groups is 1. The third-order valence-corrected chi connectivity index (χ3v) is 3.79. The van der Waals surface area contributed by atoms with Crippen LogP contribution in [0.2, 0.25) is 0 Å². The second-order valence-corrected chi connectivity index (χ2v) is 5.54. The second-order valence-electron chi connectivity index (χ2n) is 4.37. The monoisotopic (exact) mass is 315 g/mol. The van der Waals surface area contributed by atoms with Gasteiger partial charge in [0.1, 0.15) is 12.2 Å². The standard InChI is InChI=1S/C8H13NO10S/c1-3(11)9-7(13)6-17-4(2-10)5(12)8(7,14)19-20(15,16)18-6/h4-6,10,12-14H,2H2,1H3,(H,9,11)/t4-,5+,6?,7-,8-/m1/s1. The van der Waals surface area contributed by atoms with Gasteiger partial charge < -0.3 is 30.5 Å². The van der Waals surface area contributed by atoms with E-state index in [4.69, 9.17) is 9.84 Å². The fraction of sp³-hybridized carbons (Fsp3) is 0.875. The van der Waals surface area contributed by atoms with Crippen molar-refractivity contribution in [1.82, 2.24) is 5.32 Å². The van der Waals surface area contributed by atoms with Crippen LogP contribution in [-0.4, -0.2) is 71.4 Å². The first-order chi connectivity index (χ1) is 9.06. The summed E-state index contributed by atoms with van der Waals surface area (Å²) in [5, 5.41) is 41.0. The Morgan fingerprint density at radius 1 is 1.40 bits per heavy atom. The molecular formula is C8H13NO10S. The molecule has 2 aliphatic rings. The van der Waals surface area contributed by atoms with Gasteiger partial charge in [-0.1, -0.05) is 0 Å². The molecule has 0 radical (unpaired) electrons. The molecule has 0 aromatic carbocycles. The van der Waals surface area contributed by atoms with E-state index in [-0.39, 0.29) is 0 Å². The predicted octanol–water partition coefficient (Wildman–Crippen LogP) is -4.13. The van der Waals surface area contributed by atoms with Crippen molar-refractivity contribution >= 4 is 16.3 Å². The van der Waals surface area contributed by atoms with Crippen molar-refractivity contribution in [1.29, 1.82) is 0 Å². The minimum atomic E-state index is -4.80. The van der Waals surface area contributed by atoms with Gasteiger partial charge in [-0.15, -0.1) is 0 Å². The zero-order valence-corrected chi connectivity index (χ0v) is 10.9. The Hall–Kier alpha value is -0.860. The molecule has 5 atom stereocenters. The molecule has 2 bridgehead atoms. The number of hydrogen-bond acceptors (Lipinski definition) is 10. The van der Waals surface area contributed by atoms with Crippen LogP contribution in [0.25, 0.3) is 0 Å². The first-order valence-corrected chi connectivity index (χ1v) is 6.71. The largest absolute Gasteiger partial charge is 0.405 e. The molecule has 0 saturated carbocycles. The van der Waals surface area contributed by atoms with Gasteiger partial charge in [-0.05, 0) is 0 Å². The van der Waals surface area contributed by atoms with Gasteiger partial charge in [-0.3, -0.25) is 4.79 Å². The SMILES string of the molecule is CC(=O)N[C@@]1(O)C2O[C@H](CO)[C@H](O)[C@@]1(O)OS(=O)(=O)O2. The average Bonchev–Trinajstić information content (AvgIpc) is 2.28. The molecule has 2 heterocycles. The number of ether oxygens (including phenoxy) is 1. The number of nitrogens with one attached hydrogen (secondary N) is 1. The molecule has 2 saturated heterocycles. The summed E-state index contributed by atoms with van der Waals surface area (Å²) < 4.78 is 35.9. The molecular weight excluding hydrogens is 302 g/mol. The Labute approximate surface area is 113 Å². The maximum absolute atomic E-state index is 11.3. The highest BCUT2D eigenvalue weighted by atomic mass is 32.3. The van der Waals surface area contributed by atoms with E-state index in [1.54, 1.807) is 5.32 Å². The summed E-state index contributed by atoms with van der Waals surface area (Å²) in [7, 11) is -4.80. The van der Waals surface area contributed by atoms with E-state index in [1.165, 1.54) is 0 Å². The smallest absolute Gasteiger partial charge is 0.394 e. The molecule has 20 heavy (non-hydrogen) atoms. The van der Waals surface area contributed by atoms with Gasteiger partial charge >= 0.3 is 10.4 Å². The van der Waals surface area contributed by atoms with Crippen LogP contribution in [0.15, 0.2) is 0 Å². The maximum atomic E-state index is 11.3. The lowest BCUT2D eigenvalue weighted by atomic mass is 9.89. The van der Waals surface area contributed by atoms with Crippen LogP contribution in [0.1, 0.15) is 6.92 Å². The summed E-state index contributed by atoms with van der Waals surface area (Å²) in [6, 6.07) is 0. The molecule has 2 rings (SSSR count). The maximum Gasteiger partial charge on any atom is 0.405 e. The number of fused-ring (bicyclic) bond motifs is 2. The molecule has 0 aliphatic carbocycles. The average molecular weight is 315 g/mol. The van der Waals surface area contributed by atoms with Crippen LogP contribution in [-0.2, 0) is 28.3 Å². The minimum Gasteiger partial charge on any atom is -0.394 e. The Balaban J connectivity index is 2.52. The van der Waals surface area contributed by atoms with Gasteiger partial charge in [0.15, 0.2) is 0 Å². The summed E-state index contributed by atoms with van der Waals surface area (Å²) in [5.41, 5.74) is -2.89. The van der Waals surface area contributed by atoms with E-state index >= 15 is 0 Å². The van der Waals surface area contributed by atoms with E-state index in [0.29, 0.717) is 0 Å². The molecule has 5 N–H and O–H groups in total. The molecule has 2 aliphatic heterocycles. The molecule has 1 unspecified atom stereocenters. The second kappa shape index (κ2) is 4.57. The highest BCUT2D eigenvalue weighted by Crippen LogP contribution is 2.43. The Morgan fingerprint density at radius 3 is 2.50 bits per heavy atom. The molecule has 2 fully saturated rings. The normalized spacial score (nSPS) is 46.8. The van der Waals surface area contributed by atoms with E-state index in [1.807, 2.05) is 0 Å². The van der Waals surface area contributed by atoms with Crippen molar-refractivity contribution in [2.75, 3.05) is 6.61 Å². The van der Waals surface area contributed by atoms with Crippen LogP contribution < -0.4 is 5.32 Å². The van der Waals surface area contributed by atoms with Crippen molar-refractivity contribution in [2.24, 2.45) is 0 Å². The number of rotatable bonds is 2. The third kappa shape index (κ3) is 2.10. The Kier molecular flexibility index (Phi) is 3.55. The van der Waals surface area contributed by atoms with Gasteiger partial charge in [0.2, 0.25) is 12.2 Å². The summed E-state index contributed by atoms with van der Waals surface area (Å²) in [4.78, 5) is 11.1. The molecule has 1 amide bonds. The van der Waals surface area contributed by atoms with Crippen LogP contribution in [0.4, 0.5) is 0 Å².